The Morgan fingerprint density at radius 1 is 1.56 bits per heavy atom. The highest BCUT2D eigenvalue weighted by atomic mass is 79.9. The molecule has 2 rings (SSSR count). The second-order valence-electron chi connectivity index (χ2n) is 4.08. The van der Waals surface area contributed by atoms with Crippen LogP contribution in [-0.4, -0.2) is 16.9 Å². The number of carbonyl (C=O) groups is 1. The van der Waals surface area contributed by atoms with Crippen LogP contribution in [0.4, 0.5) is 0 Å². The Kier molecular flexibility index (Phi) is 3.64. The minimum absolute atomic E-state index is 0.112. The summed E-state index contributed by atoms with van der Waals surface area (Å²) in [6, 6.07) is 2.06. The Labute approximate surface area is 111 Å². The van der Waals surface area contributed by atoms with Gasteiger partial charge < -0.3 is 5.32 Å². The van der Waals surface area contributed by atoms with Gasteiger partial charge in [0.2, 0.25) is 0 Å². The summed E-state index contributed by atoms with van der Waals surface area (Å²) >= 11 is 6.64. The first-order valence-electron chi connectivity index (χ1n) is 5.20. The van der Waals surface area contributed by atoms with Gasteiger partial charge in [0.15, 0.2) is 0 Å². The van der Waals surface area contributed by atoms with Crippen molar-refractivity contribution in [1.29, 1.82) is 0 Å². The highest BCUT2D eigenvalue weighted by Crippen LogP contribution is 2.32. The Balaban J connectivity index is 2.07. The van der Waals surface area contributed by atoms with Gasteiger partial charge in [-0.05, 0) is 63.6 Å². The van der Waals surface area contributed by atoms with E-state index in [1.54, 1.807) is 6.20 Å². The van der Waals surface area contributed by atoms with Gasteiger partial charge in [0.1, 0.15) is 5.69 Å². The van der Waals surface area contributed by atoms with E-state index in [0.717, 1.165) is 4.47 Å². The monoisotopic (exact) mass is 346 g/mol. The lowest BCUT2D eigenvalue weighted by atomic mass is 10.2. The van der Waals surface area contributed by atoms with Crippen molar-refractivity contribution < 1.29 is 4.79 Å². The largest absolute Gasteiger partial charge is 0.348 e. The SMILES string of the molecule is C[C@@H](NC(=O)c1ncc(Br)cc1Br)C1CC1. The van der Waals surface area contributed by atoms with Gasteiger partial charge in [-0.2, -0.15) is 0 Å². The fourth-order valence-electron chi connectivity index (χ4n) is 1.57. The first-order chi connectivity index (χ1) is 7.58. The van der Waals surface area contributed by atoms with E-state index in [9.17, 15) is 4.79 Å². The Morgan fingerprint density at radius 2 is 2.25 bits per heavy atom. The molecule has 1 fully saturated rings. The molecule has 1 aromatic rings. The van der Waals surface area contributed by atoms with Gasteiger partial charge in [0, 0.05) is 16.7 Å². The number of pyridine rings is 1. The molecule has 1 atom stereocenters. The molecule has 0 saturated heterocycles. The van der Waals surface area contributed by atoms with Crippen molar-refractivity contribution in [1.82, 2.24) is 10.3 Å². The zero-order valence-corrected chi connectivity index (χ0v) is 12.0. The second-order valence-corrected chi connectivity index (χ2v) is 5.85. The highest BCUT2D eigenvalue weighted by molar-refractivity contribution is 9.11. The van der Waals surface area contributed by atoms with Crippen LogP contribution in [0.25, 0.3) is 0 Å². The molecule has 5 heteroatoms. The van der Waals surface area contributed by atoms with E-state index >= 15 is 0 Å². The Bertz CT molecular complexity index is 418. The summed E-state index contributed by atoms with van der Waals surface area (Å²) in [4.78, 5) is 16.0. The van der Waals surface area contributed by atoms with E-state index in [-0.39, 0.29) is 11.9 Å². The normalized spacial score (nSPS) is 16.9. The molecule has 0 aliphatic heterocycles. The second kappa shape index (κ2) is 4.84. The van der Waals surface area contributed by atoms with E-state index in [4.69, 9.17) is 0 Å². The molecule has 1 heterocycles. The summed E-state index contributed by atoms with van der Waals surface area (Å²) in [5.74, 6) is 0.539. The van der Waals surface area contributed by atoms with Crippen LogP contribution in [0, 0.1) is 5.92 Å². The fourth-order valence-corrected chi connectivity index (χ4v) is 2.74. The van der Waals surface area contributed by atoms with E-state index in [1.807, 2.05) is 13.0 Å². The third-order valence-corrected chi connectivity index (χ3v) is 3.75. The van der Waals surface area contributed by atoms with Crippen molar-refractivity contribution in [3.63, 3.8) is 0 Å². The number of nitrogens with one attached hydrogen (secondary N) is 1. The van der Waals surface area contributed by atoms with Crippen molar-refractivity contribution in [2.45, 2.75) is 25.8 Å². The topological polar surface area (TPSA) is 42.0 Å². The molecule has 1 aromatic heterocycles. The molecular formula is C11H12Br2N2O. The summed E-state index contributed by atoms with van der Waals surface area (Å²) in [5.41, 5.74) is 0.440. The summed E-state index contributed by atoms with van der Waals surface area (Å²) in [5, 5.41) is 2.97. The number of hydrogen-bond donors (Lipinski definition) is 1. The lowest BCUT2D eigenvalue weighted by Crippen LogP contribution is -2.34. The maximum absolute atomic E-state index is 11.9. The molecule has 1 aliphatic rings. The van der Waals surface area contributed by atoms with Gasteiger partial charge in [-0.3, -0.25) is 4.79 Å². The molecule has 0 unspecified atom stereocenters. The fraction of sp³-hybridized carbons (Fsp3) is 0.455. The van der Waals surface area contributed by atoms with Crippen LogP contribution in [-0.2, 0) is 0 Å². The number of amides is 1. The van der Waals surface area contributed by atoms with Crippen LogP contribution in [0.15, 0.2) is 21.2 Å². The van der Waals surface area contributed by atoms with Crippen LogP contribution in [0.2, 0.25) is 0 Å². The molecular weight excluding hydrogens is 336 g/mol. The average molecular weight is 348 g/mol. The lowest BCUT2D eigenvalue weighted by molar-refractivity contribution is 0.0930. The molecule has 0 spiro atoms. The summed E-state index contributed by atoms with van der Waals surface area (Å²) in [7, 11) is 0. The third kappa shape index (κ3) is 2.83. The number of halogens is 2. The molecule has 16 heavy (non-hydrogen) atoms. The molecule has 3 nitrogen and oxygen atoms in total. The van der Waals surface area contributed by atoms with Crippen molar-refractivity contribution in [2.75, 3.05) is 0 Å². The van der Waals surface area contributed by atoms with E-state index < -0.39 is 0 Å². The number of carbonyl (C=O) groups excluding carboxylic acids is 1. The predicted octanol–water partition coefficient (Wildman–Crippen LogP) is 3.13. The van der Waals surface area contributed by atoms with Gasteiger partial charge in [-0.1, -0.05) is 0 Å². The zero-order chi connectivity index (χ0) is 11.7. The van der Waals surface area contributed by atoms with Crippen LogP contribution in [0.3, 0.4) is 0 Å². The lowest BCUT2D eigenvalue weighted by Gasteiger charge is -2.12. The summed E-state index contributed by atoms with van der Waals surface area (Å²) in [6.45, 7) is 2.04. The molecule has 86 valence electrons. The first kappa shape index (κ1) is 12.0. The first-order valence-corrected chi connectivity index (χ1v) is 6.78. The minimum atomic E-state index is -0.112. The predicted molar refractivity (Wildman–Crippen MR) is 69.3 cm³/mol. The Morgan fingerprint density at radius 3 is 2.81 bits per heavy atom. The van der Waals surface area contributed by atoms with Gasteiger partial charge >= 0.3 is 0 Å². The van der Waals surface area contributed by atoms with Gasteiger partial charge in [0.05, 0.1) is 4.47 Å². The van der Waals surface area contributed by atoms with Crippen LogP contribution >= 0.6 is 31.9 Å². The molecule has 0 aromatic carbocycles. The molecule has 1 amide bonds. The van der Waals surface area contributed by atoms with E-state index in [0.29, 0.717) is 16.1 Å². The number of hydrogen-bond acceptors (Lipinski definition) is 2. The highest BCUT2D eigenvalue weighted by Gasteiger charge is 2.29. The number of aromatic nitrogens is 1. The van der Waals surface area contributed by atoms with Crippen molar-refractivity contribution in [2.24, 2.45) is 5.92 Å². The van der Waals surface area contributed by atoms with Gasteiger partial charge in [-0.15, -0.1) is 0 Å². The van der Waals surface area contributed by atoms with Crippen molar-refractivity contribution >= 4 is 37.8 Å². The maximum atomic E-state index is 11.9. The molecule has 1 aliphatic carbocycles. The summed E-state index contributed by atoms with van der Waals surface area (Å²) < 4.78 is 1.56. The molecule has 0 radical (unpaired) electrons. The van der Waals surface area contributed by atoms with Crippen LogP contribution in [0.5, 0.6) is 0 Å². The van der Waals surface area contributed by atoms with Crippen molar-refractivity contribution in [3.05, 3.63) is 26.9 Å². The minimum Gasteiger partial charge on any atom is -0.348 e. The standard InChI is InChI=1S/C11H12Br2N2O/c1-6(7-2-3-7)15-11(16)10-9(13)4-8(12)5-14-10/h4-7H,2-3H2,1H3,(H,15,16)/t6-/m1/s1. The number of rotatable bonds is 3. The molecule has 0 bridgehead atoms. The van der Waals surface area contributed by atoms with E-state index in [1.165, 1.54) is 12.8 Å². The third-order valence-electron chi connectivity index (χ3n) is 2.71. The molecule has 1 saturated carbocycles. The van der Waals surface area contributed by atoms with Gasteiger partial charge in [0.25, 0.3) is 5.91 Å². The molecule has 1 N–H and O–H groups in total. The van der Waals surface area contributed by atoms with Crippen LogP contribution in [0.1, 0.15) is 30.3 Å². The smallest absolute Gasteiger partial charge is 0.271 e. The zero-order valence-electron chi connectivity index (χ0n) is 8.84. The van der Waals surface area contributed by atoms with Crippen molar-refractivity contribution in [3.8, 4) is 0 Å². The number of nitrogens with zero attached hydrogens (tertiary/aromatic N) is 1. The van der Waals surface area contributed by atoms with Crippen LogP contribution < -0.4 is 5.32 Å². The van der Waals surface area contributed by atoms with E-state index in [2.05, 4.69) is 42.2 Å². The Hall–Kier alpha value is -0.420. The average Bonchev–Trinajstić information content (AvgIpc) is 2.99. The van der Waals surface area contributed by atoms with Gasteiger partial charge in [-0.25, -0.2) is 4.98 Å². The quantitative estimate of drug-likeness (QED) is 0.912. The summed E-state index contributed by atoms with van der Waals surface area (Å²) in [6.07, 6.45) is 4.06. The maximum Gasteiger partial charge on any atom is 0.271 e.